The van der Waals surface area contributed by atoms with Crippen LogP contribution in [-0.2, 0) is 16.4 Å². The predicted octanol–water partition coefficient (Wildman–Crippen LogP) is 5.14. The molecule has 0 spiro atoms. The molecule has 7 heteroatoms. The van der Waals surface area contributed by atoms with E-state index in [-0.39, 0.29) is 27.1 Å². The number of phenols is 1. The van der Waals surface area contributed by atoms with E-state index in [4.69, 9.17) is 23.2 Å². The Morgan fingerprint density at radius 1 is 0.885 bits per heavy atom. The van der Waals surface area contributed by atoms with Crippen LogP contribution in [0.25, 0.3) is 0 Å². The molecule has 26 heavy (non-hydrogen) atoms. The second kappa shape index (κ2) is 7.58. The summed E-state index contributed by atoms with van der Waals surface area (Å²) in [7, 11) is -3.70. The number of halogens is 2. The summed E-state index contributed by atoms with van der Waals surface area (Å²) in [6.45, 7) is 0.205. The Kier molecular flexibility index (Phi) is 5.41. The Hall–Kier alpha value is -2.21. The quantitative estimate of drug-likeness (QED) is 0.574. The van der Waals surface area contributed by atoms with Gasteiger partial charge in [0.05, 0.1) is 20.5 Å². The molecule has 0 aliphatic carbocycles. The highest BCUT2D eigenvalue weighted by atomic mass is 35.5. The molecule has 0 atom stereocenters. The Bertz CT molecular complexity index is 1030. The van der Waals surface area contributed by atoms with Gasteiger partial charge >= 0.3 is 0 Å². The molecule has 134 valence electrons. The lowest BCUT2D eigenvalue weighted by Gasteiger charge is -2.13. The van der Waals surface area contributed by atoms with Crippen molar-refractivity contribution in [3.05, 3.63) is 82.3 Å². The van der Waals surface area contributed by atoms with Gasteiger partial charge < -0.3 is 10.4 Å². The van der Waals surface area contributed by atoms with Crippen molar-refractivity contribution in [3.63, 3.8) is 0 Å². The molecule has 0 radical (unpaired) electrons. The maximum atomic E-state index is 13.0. The number of nitrogens with one attached hydrogen (secondary N) is 1. The summed E-state index contributed by atoms with van der Waals surface area (Å²) in [4.78, 5) is 0.358. The van der Waals surface area contributed by atoms with Gasteiger partial charge in [-0.2, -0.15) is 0 Å². The monoisotopic (exact) mass is 407 g/mol. The molecule has 0 saturated carbocycles. The molecule has 3 rings (SSSR count). The maximum Gasteiger partial charge on any atom is 0.206 e. The smallest absolute Gasteiger partial charge is 0.206 e. The second-order valence-corrected chi connectivity index (χ2v) is 8.32. The number of aromatic hydroxyl groups is 1. The van der Waals surface area contributed by atoms with Crippen LogP contribution in [0.3, 0.4) is 0 Å². The van der Waals surface area contributed by atoms with Gasteiger partial charge in [-0.3, -0.25) is 0 Å². The van der Waals surface area contributed by atoms with Crippen LogP contribution in [0.2, 0.25) is 10.0 Å². The summed E-state index contributed by atoms with van der Waals surface area (Å²) in [5.41, 5.74) is 0.998. The average Bonchev–Trinajstić information content (AvgIpc) is 2.63. The lowest BCUT2D eigenvalue weighted by Crippen LogP contribution is -2.09. The van der Waals surface area contributed by atoms with E-state index in [1.54, 1.807) is 54.6 Å². The third-order valence-corrected chi connectivity index (χ3v) is 6.27. The van der Waals surface area contributed by atoms with Gasteiger partial charge in [0, 0.05) is 11.6 Å². The molecule has 3 aromatic carbocycles. The molecule has 2 N–H and O–H groups in total. The van der Waals surface area contributed by atoms with Crippen molar-refractivity contribution in [1.82, 2.24) is 0 Å². The number of benzene rings is 3. The van der Waals surface area contributed by atoms with E-state index in [1.165, 1.54) is 12.1 Å². The van der Waals surface area contributed by atoms with Crippen molar-refractivity contribution in [1.29, 1.82) is 0 Å². The first kappa shape index (κ1) is 18.6. The fraction of sp³-hybridized carbons (Fsp3) is 0.0526. The Morgan fingerprint density at radius 3 is 2.31 bits per heavy atom. The van der Waals surface area contributed by atoms with Crippen LogP contribution in [0.4, 0.5) is 5.69 Å². The molecule has 0 amide bonds. The highest BCUT2D eigenvalue weighted by Gasteiger charge is 2.21. The highest BCUT2D eigenvalue weighted by molar-refractivity contribution is 7.91. The van der Waals surface area contributed by atoms with E-state index in [2.05, 4.69) is 5.32 Å². The van der Waals surface area contributed by atoms with Crippen LogP contribution in [-0.4, -0.2) is 13.5 Å². The van der Waals surface area contributed by atoms with Crippen LogP contribution in [0.1, 0.15) is 5.56 Å². The van der Waals surface area contributed by atoms with E-state index in [9.17, 15) is 13.5 Å². The van der Waals surface area contributed by atoms with Gasteiger partial charge in [0.25, 0.3) is 0 Å². The van der Waals surface area contributed by atoms with Crippen LogP contribution >= 0.6 is 23.2 Å². The molecule has 3 aromatic rings. The van der Waals surface area contributed by atoms with E-state index in [0.29, 0.717) is 16.3 Å². The standard InChI is InChI=1S/C19H15Cl2NO3S/c20-14-8-10-15(11-9-14)26(24,25)18-7-2-1-4-13(18)12-22-17-6-3-5-16(21)19(17)23/h1-11,22-23H,12H2. The molecule has 0 aliphatic heterocycles. The topological polar surface area (TPSA) is 66.4 Å². The molecular formula is C19H15Cl2NO3S. The molecule has 0 aromatic heterocycles. The van der Waals surface area contributed by atoms with Crippen LogP contribution in [0.15, 0.2) is 76.5 Å². The molecule has 0 bridgehead atoms. The molecular weight excluding hydrogens is 393 g/mol. The third kappa shape index (κ3) is 3.80. The maximum absolute atomic E-state index is 13.0. The van der Waals surface area contributed by atoms with E-state index >= 15 is 0 Å². The minimum atomic E-state index is -3.70. The first-order valence-corrected chi connectivity index (χ1v) is 9.93. The van der Waals surface area contributed by atoms with Crippen LogP contribution in [0, 0.1) is 0 Å². The molecule has 4 nitrogen and oxygen atoms in total. The number of hydrogen-bond donors (Lipinski definition) is 2. The summed E-state index contributed by atoms with van der Waals surface area (Å²) < 4.78 is 25.9. The lowest BCUT2D eigenvalue weighted by molar-refractivity contribution is 0.477. The summed E-state index contributed by atoms with van der Waals surface area (Å²) in [6, 6.07) is 17.7. The van der Waals surface area contributed by atoms with E-state index in [0.717, 1.165) is 0 Å². The summed E-state index contributed by atoms with van der Waals surface area (Å²) >= 11 is 11.7. The number of anilines is 1. The van der Waals surface area contributed by atoms with Crippen molar-refractivity contribution in [2.75, 3.05) is 5.32 Å². The predicted molar refractivity (Wildman–Crippen MR) is 104 cm³/mol. The SMILES string of the molecule is O=S(=O)(c1ccc(Cl)cc1)c1ccccc1CNc1cccc(Cl)c1O. The van der Waals surface area contributed by atoms with Crippen molar-refractivity contribution < 1.29 is 13.5 Å². The number of rotatable bonds is 5. The zero-order chi connectivity index (χ0) is 18.7. The van der Waals surface area contributed by atoms with Gasteiger partial charge in [-0.25, -0.2) is 8.42 Å². The number of hydrogen-bond acceptors (Lipinski definition) is 4. The van der Waals surface area contributed by atoms with Gasteiger partial charge in [-0.05, 0) is 48.0 Å². The zero-order valence-corrected chi connectivity index (χ0v) is 15.8. The average molecular weight is 408 g/mol. The largest absolute Gasteiger partial charge is 0.504 e. The Balaban J connectivity index is 1.93. The van der Waals surface area contributed by atoms with Gasteiger partial charge in [0.2, 0.25) is 9.84 Å². The minimum absolute atomic E-state index is 0.0767. The normalized spacial score (nSPS) is 11.3. The first-order valence-electron chi connectivity index (χ1n) is 7.69. The van der Waals surface area contributed by atoms with Gasteiger partial charge in [0.1, 0.15) is 0 Å². The molecule has 0 unspecified atom stereocenters. The summed E-state index contributed by atoms with van der Waals surface area (Å²) in [5, 5.41) is 13.7. The zero-order valence-electron chi connectivity index (χ0n) is 13.5. The molecule has 0 heterocycles. The van der Waals surface area contributed by atoms with Gasteiger partial charge in [-0.15, -0.1) is 0 Å². The van der Waals surface area contributed by atoms with E-state index in [1.807, 2.05) is 0 Å². The third-order valence-electron chi connectivity index (χ3n) is 3.84. The number of phenolic OH excluding ortho intramolecular Hbond substituents is 1. The fourth-order valence-electron chi connectivity index (χ4n) is 2.50. The molecule has 0 saturated heterocycles. The number of sulfone groups is 1. The first-order chi connectivity index (χ1) is 12.4. The fourth-order valence-corrected chi connectivity index (χ4v) is 4.29. The van der Waals surface area contributed by atoms with Crippen LogP contribution in [0.5, 0.6) is 5.75 Å². The van der Waals surface area contributed by atoms with Crippen molar-refractivity contribution in [2.45, 2.75) is 16.3 Å². The van der Waals surface area contributed by atoms with Crippen molar-refractivity contribution in [2.24, 2.45) is 0 Å². The second-order valence-electron chi connectivity index (χ2n) is 5.55. The minimum Gasteiger partial charge on any atom is -0.504 e. The lowest BCUT2D eigenvalue weighted by atomic mass is 10.2. The summed E-state index contributed by atoms with van der Waals surface area (Å²) in [5.74, 6) is -0.0767. The number of para-hydroxylation sites is 1. The Labute approximate surface area is 161 Å². The van der Waals surface area contributed by atoms with E-state index < -0.39 is 9.84 Å². The molecule has 0 aliphatic rings. The summed E-state index contributed by atoms with van der Waals surface area (Å²) in [6.07, 6.45) is 0. The van der Waals surface area contributed by atoms with Crippen molar-refractivity contribution >= 4 is 38.7 Å². The van der Waals surface area contributed by atoms with Gasteiger partial charge in [0.15, 0.2) is 5.75 Å². The van der Waals surface area contributed by atoms with Crippen LogP contribution < -0.4 is 5.32 Å². The van der Waals surface area contributed by atoms with Gasteiger partial charge in [-0.1, -0.05) is 47.5 Å². The Morgan fingerprint density at radius 2 is 1.58 bits per heavy atom. The highest BCUT2D eigenvalue weighted by Crippen LogP contribution is 2.32. The van der Waals surface area contributed by atoms with Crippen molar-refractivity contribution in [3.8, 4) is 5.75 Å². The molecule has 0 fully saturated rings.